The summed E-state index contributed by atoms with van der Waals surface area (Å²) in [6.45, 7) is 5.95. The topological polar surface area (TPSA) is 0 Å². The Balaban J connectivity index is 2.27. The highest BCUT2D eigenvalue weighted by Crippen LogP contribution is 2.26. The molecular formula is C15H16. The molecule has 0 spiro atoms. The van der Waals surface area contributed by atoms with Gasteiger partial charge in [-0.25, -0.2) is 0 Å². The Bertz CT molecular complexity index is 416. The molecule has 0 bridgehead atoms. The first-order chi connectivity index (χ1) is 7.29. The van der Waals surface area contributed by atoms with Crippen molar-refractivity contribution in [2.24, 2.45) is 0 Å². The molecule has 2 rings (SSSR count). The fourth-order valence-corrected chi connectivity index (χ4v) is 1.82. The van der Waals surface area contributed by atoms with Crippen molar-refractivity contribution in [3.63, 3.8) is 0 Å². The van der Waals surface area contributed by atoms with E-state index in [-0.39, 0.29) is 0 Å². The van der Waals surface area contributed by atoms with Crippen molar-refractivity contribution in [2.45, 2.75) is 19.8 Å². The average Bonchev–Trinajstić information content (AvgIpc) is 2.30. The zero-order valence-corrected chi connectivity index (χ0v) is 9.16. The van der Waals surface area contributed by atoms with Gasteiger partial charge in [0, 0.05) is 0 Å². The van der Waals surface area contributed by atoms with Gasteiger partial charge in [-0.3, -0.25) is 0 Å². The second-order valence-corrected chi connectivity index (χ2v) is 4.03. The van der Waals surface area contributed by atoms with Crippen LogP contribution < -0.4 is 0 Å². The van der Waals surface area contributed by atoms with Crippen LogP contribution >= 0.6 is 0 Å². The second-order valence-electron chi connectivity index (χ2n) is 4.03. The molecule has 1 aromatic rings. The predicted molar refractivity (Wildman–Crippen MR) is 67.5 cm³/mol. The molecule has 0 saturated heterocycles. The third-order valence-electron chi connectivity index (χ3n) is 2.87. The molecule has 0 amide bonds. The van der Waals surface area contributed by atoms with Crippen molar-refractivity contribution >= 4 is 11.6 Å². The number of benzene rings is 1. The Morgan fingerprint density at radius 3 is 2.33 bits per heavy atom. The fourth-order valence-electron chi connectivity index (χ4n) is 1.82. The summed E-state index contributed by atoms with van der Waals surface area (Å²) in [6.07, 6.45) is 8.69. The number of allylic oxidation sites excluding steroid dienone is 4. The first-order valence-corrected chi connectivity index (χ1v) is 5.39. The van der Waals surface area contributed by atoms with E-state index in [1.54, 1.807) is 0 Å². The predicted octanol–water partition coefficient (Wildman–Crippen LogP) is 4.45. The van der Waals surface area contributed by atoms with Crippen molar-refractivity contribution < 1.29 is 0 Å². The van der Waals surface area contributed by atoms with Crippen molar-refractivity contribution in [1.29, 1.82) is 0 Å². The summed E-state index contributed by atoms with van der Waals surface area (Å²) in [5, 5.41) is 0. The van der Waals surface area contributed by atoms with Gasteiger partial charge in [0.1, 0.15) is 0 Å². The highest BCUT2D eigenvalue weighted by molar-refractivity contribution is 5.69. The summed E-state index contributed by atoms with van der Waals surface area (Å²) < 4.78 is 0. The largest absolute Gasteiger partial charge is 0.0985 e. The van der Waals surface area contributed by atoms with Gasteiger partial charge < -0.3 is 0 Å². The molecule has 0 aliphatic heterocycles. The van der Waals surface area contributed by atoms with Crippen LogP contribution in [0.15, 0.2) is 48.6 Å². The zero-order chi connectivity index (χ0) is 10.7. The molecule has 0 aromatic heterocycles. The van der Waals surface area contributed by atoms with Crippen LogP contribution in [-0.4, -0.2) is 0 Å². The van der Waals surface area contributed by atoms with Gasteiger partial charge in [0.2, 0.25) is 0 Å². The quantitative estimate of drug-likeness (QED) is 0.655. The minimum Gasteiger partial charge on any atom is -0.0985 e. The van der Waals surface area contributed by atoms with E-state index in [1.807, 2.05) is 6.08 Å². The summed E-state index contributed by atoms with van der Waals surface area (Å²) in [4.78, 5) is 0. The number of hydrogen-bond donors (Lipinski definition) is 0. The van der Waals surface area contributed by atoms with Crippen molar-refractivity contribution in [3.05, 3.63) is 59.7 Å². The van der Waals surface area contributed by atoms with E-state index < -0.39 is 0 Å². The highest BCUT2D eigenvalue weighted by atomic mass is 14.1. The van der Waals surface area contributed by atoms with E-state index in [2.05, 4.69) is 49.9 Å². The molecule has 0 N–H and O–H groups in total. The van der Waals surface area contributed by atoms with Gasteiger partial charge in [0.25, 0.3) is 0 Å². The minimum absolute atomic E-state index is 1.16. The van der Waals surface area contributed by atoms with Crippen LogP contribution in [0.5, 0.6) is 0 Å². The molecule has 0 heterocycles. The molecule has 1 aliphatic carbocycles. The molecule has 0 unspecified atom stereocenters. The lowest BCUT2D eigenvalue weighted by atomic mass is 9.93. The summed E-state index contributed by atoms with van der Waals surface area (Å²) in [5.41, 5.74) is 5.43. The van der Waals surface area contributed by atoms with Crippen LogP contribution in [0, 0.1) is 0 Å². The SMILES string of the molecule is C=Cc1ccc(C2=CC=C(C)CC2)cc1. The molecule has 0 atom stereocenters. The van der Waals surface area contributed by atoms with E-state index in [0.29, 0.717) is 0 Å². The molecule has 15 heavy (non-hydrogen) atoms. The van der Waals surface area contributed by atoms with E-state index in [1.165, 1.54) is 28.7 Å². The van der Waals surface area contributed by atoms with E-state index in [9.17, 15) is 0 Å². The maximum atomic E-state index is 3.76. The normalized spacial score (nSPS) is 15.5. The Labute approximate surface area is 91.6 Å². The number of rotatable bonds is 2. The van der Waals surface area contributed by atoms with Crippen LogP contribution in [0.3, 0.4) is 0 Å². The molecule has 1 aliphatic rings. The molecule has 0 nitrogen and oxygen atoms in total. The summed E-state index contributed by atoms with van der Waals surface area (Å²) in [5.74, 6) is 0. The van der Waals surface area contributed by atoms with Gasteiger partial charge in [-0.2, -0.15) is 0 Å². The fraction of sp³-hybridized carbons (Fsp3) is 0.200. The minimum atomic E-state index is 1.16. The average molecular weight is 196 g/mol. The highest BCUT2D eigenvalue weighted by Gasteiger charge is 2.05. The van der Waals surface area contributed by atoms with Crippen LogP contribution in [0.2, 0.25) is 0 Å². The first kappa shape index (κ1) is 9.97. The third kappa shape index (κ3) is 2.27. The van der Waals surface area contributed by atoms with E-state index in [0.717, 1.165) is 6.42 Å². The molecule has 0 heteroatoms. The van der Waals surface area contributed by atoms with Crippen LogP contribution in [-0.2, 0) is 0 Å². The van der Waals surface area contributed by atoms with Gasteiger partial charge in [-0.1, -0.05) is 54.6 Å². The Hall–Kier alpha value is -1.56. The molecule has 1 aromatic carbocycles. The van der Waals surface area contributed by atoms with Crippen molar-refractivity contribution in [2.75, 3.05) is 0 Å². The first-order valence-electron chi connectivity index (χ1n) is 5.39. The maximum absolute atomic E-state index is 3.76. The van der Waals surface area contributed by atoms with Crippen LogP contribution in [0.25, 0.3) is 11.6 Å². The van der Waals surface area contributed by atoms with Gasteiger partial charge in [0.15, 0.2) is 0 Å². The molecule has 0 fully saturated rings. The lowest BCUT2D eigenvalue weighted by molar-refractivity contribution is 0.977. The summed E-state index contributed by atoms with van der Waals surface area (Å²) >= 11 is 0. The number of hydrogen-bond acceptors (Lipinski definition) is 0. The van der Waals surface area contributed by atoms with Gasteiger partial charge in [0.05, 0.1) is 0 Å². The summed E-state index contributed by atoms with van der Waals surface area (Å²) in [6, 6.07) is 8.59. The zero-order valence-electron chi connectivity index (χ0n) is 9.16. The smallest absolute Gasteiger partial charge is 0.0224 e. The summed E-state index contributed by atoms with van der Waals surface area (Å²) in [7, 11) is 0. The molecule has 76 valence electrons. The monoisotopic (exact) mass is 196 g/mol. The Morgan fingerprint density at radius 1 is 1.07 bits per heavy atom. The van der Waals surface area contributed by atoms with Gasteiger partial charge >= 0.3 is 0 Å². The van der Waals surface area contributed by atoms with Gasteiger partial charge in [-0.15, -0.1) is 0 Å². The molecular weight excluding hydrogens is 180 g/mol. The third-order valence-corrected chi connectivity index (χ3v) is 2.87. The van der Waals surface area contributed by atoms with Crippen molar-refractivity contribution in [3.8, 4) is 0 Å². The second kappa shape index (κ2) is 4.31. The van der Waals surface area contributed by atoms with E-state index >= 15 is 0 Å². The van der Waals surface area contributed by atoms with Crippen molar-refractivity contribution in [1.82, 2.24) is 0 Å². The van der Waals surface area contributed by atoms with E-state index in [4.69, 9.17) is 0 Å². The van der Waals surface area contributed by atoms with Crippen LogP contribution in [0.1, 0.15) is 30.9 Å². The van der Waals surface area contributed by atoms with Gasteiger partial charge in [-0.05, 0) is 36.5 Å². The lowest BCUT2D eigenvalue weighted by Crippen LogP contribution is -1.91. The van der Waals surface area contributed by atoms with Crippen LogP contribution in [0.4, 0.5) is 0 Å². The maximum Gasteiger partial charge on any atom is -0.0224 e. The molecule has 0 saturated carbocycles. The lowest BCUT2D eigenvalue weighted by Gasteiger charge is -2.12. The Morgan fingerprint density at radius 2 is 1.80 bits per heavy atom. The molecule has 0 radical (unpaired) electrons. The standard InChI is InChI=1S/C15H16/c1-3-13-6-10-15(11-7-13)14-8-4-12(2)5-9-14/h3-4,6-8,10-11H,1,5,9H2,2H3. The Kier molecular flexibility index (Phi) is 2.86.